The van der Waals surface area contributed by atoms with Gasteiger partial charge >= 0.3 is 12.0 Å². The topological polar surface area (TPSA) is 71.3 Å². The van der Waals surface area contributed by atoms with Crippen LogP contribution in [0.3, 0.4) is 0 Å². The lowest BCUT2D eigenvalue weighted by Gasteiger charge is -2.62. The van der Waals surface area contributed by atoms with E-state index < -0.39 is 11.8 Å². The number of aromatic nitrogens is 2. The van der Waals surface area contributed by atoms with Gasteiger partial charge in [-0.05, 0) is 72.2 Å². The Morgan fingerprint density at radius 3 is 2.65 bits per heavy atom. The minimum absolute atomic E-state index is 0.0606. The molecule has 0 spiro atoms. The summed E-state index contributed by atoms with van der Waals surface area (Å²) in [6.45, 7) is 1.17. The molecule has 1 N–H and O–H groups in total. The zero-order chi connectivity index (χ0) is 22.2. The molecule has 0 atom stereocenters. The van der Waals surface area contributed by atoms with Crippen LogP contribution in [0.25, 0.3) is 0 Å². The molecule has 6 nitrogen and oxygen atoms in total. The number of nitrogens with zero attached hydrogens (tertiary/aromatic N) is 3. The maximum atomic E-state index is 13.7. The first kappa shape index (κ1) is 22.1. The van der Waals surface area contributed by atoms with Crippen LogP contribution < -0.4 is 10.2 Å². The largest absolute Gasteiger partial charge is 0.333 e. The van der Waals surface area contributed by atoms with E-state index >= 15 is 0 Å². The molecule has 168 valence electrons. The second kappa shape index (κ2) is 8.44. The van der Waals surface area contributed by atoms with Crippen LogP contribution in [-0.4, -0.2) is 28.3 Å². The maximum Gasteiger partial charge on any atom is 0.322 e. The lowest BCUT2D eigenvalue weighted by molar-refractivity contribution is -0.0396. The average Bonchev–Trinajstić information content (AvgIpc) is 3.12. The summed E-state index contributed by atoms with van der Waals surface area (Å²) < 4.78 is 44.9. The van der Waals surface area contributed by atoms with E-state index in [1.165, 1.54) is 6.07 Å². The van der Waals surface area contributed by atoms with Crippen LogP contribution in [0.15, 0.2) is 27.2 Å². The lowest BCUT2D eigenvalue weighted by atomic mass is 9.50. The molecular formula is C21H24BrF3N4O2. The number of amides is 2. The fraction of sp³-hybridized carbons (Fsp3) is 0.571. The summed E-state index contributed by atoms with van der Waals surface area (Å²) in [6.07, 6.45) is 5.61. The molecule has 0 radical (unpaired) electrons. The predicted octanol–water partition coefficient (Wildman–Crippen LogP) is 5.56. The predicted molar refractivity (Wildman–Crippen MR) is 111 cm³/mol. The summed E-state index contributed by atoms with van der Waals surface area (Å²) in [7, 11) is 0. The van der Waals surface area contributed by atoms with E-state index in [1.807, 2.05) is 0 Å². The van der Waals surface area contributed by atoms with E-state index in [0.29, 0.717) is 42.9 Å². The zero-order valence-electron chi connectivity index (χ0n) is 17.1. The van der Waals surface area contributed by atoms with Crippen LogP contribution in [0.5, 0.6) is 0 Å². The third kappa shape index (κ3) is 4.88. The van der Waals surface area contributed by atoms with Gasteiger partial charge in [0.15, 0.2) is 5.82 Å². The molecule has 0 saturated heterocycles. The minimum Gasteiger partial charge on any atom is -0.333 e. The van der Waals surface area contributed by atoms with Gasteiger partial charge in [0.05, 0.1) is 4.47 Å². The van der Waals surface area contributed by atoms with E-state index in [4.69, 9.17) is 0 Å². The molecule has 1 heterocycles. The lowest BCUT2D eigenvalue weighted by Crippen LogP contribution is -2.69. The number of benzene rings is 1. The van der Waals surface area contributed by atoms with Gasteiger partial charge in [-0.25, -0.2) is 9.18 Å². The molecule has 2 amide bonds. The quantitative estimate of drug-likeness (QED) is 0.457. The molecule has 3 aliphatic rings. The molecule has 31 heavy (non-hydrogen) atoms. The van der Waals surface area contributed by atoms with Crippen molar-refractivity contribution in [2.24, 2.45) is 5.92 Å². The Bertz CT molecular complexity index is 945. The van der Waals surface area contributed by atoms with Crippen LogP contribution in [0.2, 0.25) is 0 Å². The molecule has 3 saturated carbocycles. The summed E-state index contributed by atoms with van der Waals surface area (Å²) in [4.78, 5) is 18.3. The Balaban J connectivity index is 1.31. The number of carbonyl (C=O) groups excluding carboxylic acids is 1. The first-order chi connectivity index (χ1) is 14.7. The third-order valence-electron chi connectivity index (χ3n) is 6.00. The zero-order valence-corrected chi connectivity index (χ0v) is 18.7. The Morgan fingerprint density at radius 1 is 1.32 bits per heavy atom. The summed E-state index contributed by atoms with van der Waals surface area (Å²) in [5.74, 6) is -3.23. The first-order valence-electron chi connectivity index (χ1n) is 10.4. The second-order valence-corrected chi connectivity index (χ2v) is 9.51. The standard InChI is InChI=1S/C21H24BrF3N4O2/c1-20(24,25)18-26-17(28-31-18)5-3-2-4-8-29(14-6-7-16(23)15(22)9-14)19(30)27-21-10-13(11-21)12-21/h6-7,9,13H,2-5,8,10-12H2,1H3,(H,27,30). The van der Waals surface area contributed by atoms with Gasteiger partial charge in [0, 0.05) is 31.1 Å². The van der Waals surface area contributed by atoms with Crippen molar-refractivity contribution in [3.63, 3.8) is 0 Å². The fourth-order valence-corrected chi connectivity index (χ4v) is 4.56. The van der Waals surface area contributed by atoms with Crippen molar-refractivity contribution in [2.75, 3.05) is 11.4 Å². The van der Waals surface area contributed by atoms with Gasteiger partial charge in [0.1, 0.15) is 5.82 Å². The SMILES string of the molecule is CC(F)(F)c1nc(CCCCCN(C(=O)NC23CC(C2)C3)c2ccc(F)c(Br)c2)no1. The van der Waals surface area contributed by atoms with Gasteiger partial charge < -0.3 is 9.84 Å². The fourth-order valence-electron chi connectivity index (χ4n) is 4.19. The number of nitrogens with one attached hydrogen (secondary N) is 1. The number of aryl methyl sites for hydroxylation is 1. The molecule has 10 heteroatoms. The van der Waals surface area contributed by atoms with Crippen molar-refractivity contribution in [1.29, 1.82) is 0 Å². The number of alkyl halides is 2. The van der Waals surface area contributed by atoms with Crippen molar-refractivity contribution < 1.29 is 22.5 Å². The van der Waals surface area contributed by atoms with Crippen molar-refractivity contribution in [3.05, 3.63) is 40.2 Å². The molecule has 0 unspecified atom stereocenters. The van der Waals surface area contributed by atoms with Crippen molar-refractivity contribution >= 4 is 27.6 Å². The van der Waals surface area contributed by atoms with Crippen LogP contribution in [-0.2, 0) is 12.3 Å². The number of halogens is 4. The van der Waals surface area contributed by atoms with E-state index in [0.717, 1.165) is 31.6 Å². The van der Waals surface area contributed by atoms with Gasteiger partial charge in [0.2, 0.25) is 0 Å². The monoisotopic (exact) mass is 500 g/mol. The van der Waals surface area contributed by atoms with Gasteiger partial charge in [0.25, 0.3) is 5.89 Å². The number of hydrogen-bond acceptors (Lipinski definition) is 4. The number of rotatable bonds is 9. The summed E-state index contributed by atoms with van der Waals surface area (Å²) in [5.41, 5.74) is 0.555. The van der Waals surface area contributed by atoms with Crippen molar-refractivity contribution in [1.82, 2.24) is 15.5 Å². The number of unbranched alkanes of at least 4 members (excludes halogenated alkanes) is 2. The first-order valence-corrected chi connectivity index (χ1v) is 11.2. The summed E-state index contributed by atoms with van der Waals surface area (Å²) in [5, 5.41) is 6.74. The summed E-state index contributed by atoms with van der Waals surface area (Å²) >= 11 is 3.18. The van der Waals surface area contributed by atoms with E-state index in [9.17, 15) is 18.0 Å². The third-order valence-corrected chi connectivity index (χ3v) is 6.60. The molecule has 3 aliphatic carbocycles. The number of anilines is 1. The van der Waals surface area contributed by atoms with Crippen LogP contribution in [0.1, 0.15) is 57.2 Å². The maximum absolute atomic E-state index is 13.7. The highest BCUT2D eigenvalue weighted by Crippen LogP contribution is 2.57. The van der Waals surface area contributed by atoms with Crippen LogP contribution >= 0.6 is 15.9 Å². The molecular weight excluding hydrogens is 477 g/mol. The van der Waals surface area contributed by atoms with Crippen LogP contribution in [0, 0.1) is 11.7 Å². The highest BCUT2D eigenvalue weighted by Gasteiger charge is 2.57. The van der Waals surface area contributed by atoms with E-state index in [-0.39, 0.29) is 23.2 Å². The number of urea groups is 1. The van der Waals surface area contributed by atoms with E-state index in [1.54, 1.807) is 17.0 Å². The normalized spacial score (nSPS) is 21.9. The average molecular weight is 501 g/mol. The van der Waals surface area contributed by atoms with Crippen molar-refractivity contribution in [3.8, 4) is 0 Å². The molecule has 3 fully saturated rings. The number of carbonyl (C=O) groups is 1. The summed E-state index contributed by atoms with van der Waals surface area (Å²) in [6, 6.07) is 4.35. The molecule has 0 aliphatic heterocycles. The Labute approximate surface area is 186 Å². The van der Waals surface area contributed by atoms with E-state index in [2.05, 4.69) is 35.9 Å². The van der Waals surface area contributed by atoms with Gasteiger partial charge in [-0.3, -0.25) is 4.90 Å². The van der Waals surface area contributed by atoms with Gasteiger partial charge in [-0.1, -0.05) is 11.6 Å². The number of hydrogen-bond donors (Lipinski definition) is 1. The highest BCUT2D eigenvalue weighted by molar-refractivity contribution is 9.10. The highest BCUT2D eigenvalue weighted by atomic mass is 79.9. The van der Waals surface area contributed by atoms with Crippen LogP contribution in [0.4, 0.5) is 23.7 Å². The molecule has 1 aromatic carbocycles. The Hall–Kier alpha value is -2.10. The van der Waals surface area contributed by atoms with Gasteiger partial charge in [-0.2, -0.15) is 13.8 Å². The minimum atomic E-state index is -3.15. The smallest absolute Gasteiger partial charge is 0.322 e. The Morgan fingerprint density at radius 2 is 2.06 bits per heavy atom. The molecule has 5 rings (SSSR count). The molecule has 2 aromatic rings. The van der Waals surface area contributed by atoms with Gasteiger partial charge in [-0.15, -0.1) is 0 Å². The molecule has 2 bridgehead atoms. The molecule has 1 aromatic heterocycles. The Kier molecular flexibility index (Phi) is 6.02. The second-order valence-electron chi connectivity index (χ2n) is 8.65. The van der Waals surface area contributed by atoms with Crippen molar-refractivity contribution in [2.45, 2.75) is 63.3 Å².